The van der Waals surface area contributed by atoms with Crippen LogP contribution < -0.4 is 16.3 Å². The molecule has 0 spiro atoms. The number of nitrogens with one attached hydrogen (secondary N) is 2. The van der Waals surface area contributed by atoms with E-state index in [-0.39, 0.29) is 12.1 Å². The number of hydrogen-bond donors (Lipinski definition) is 2. The topological polar surface area (TPSA) is 113 Å². The van der Waals surface area contributed by atoms with Crippen LogP contribution in [-0.2, 0) is 16.1 Å². The van der Waals surface area contributed by atoms with Gasteiger partial charge in [0.1, 0.15) is 16.9 Å². The van der Waals surface area contributed by atoms with E-state index >= 15 is 0 Å². The first kappa shape index (κ1) is 20.7. The lowest BCUT2D eigenvalue weighted by atomic mass is 10.00. The number of hydrogen-bond acceptors (Lipinski definition) is 6. The second-order valence-electron chi connectivity index (χ2n) is 7.66. The molecule has 10 heteroatoms. The maximum Gasteiger partial charge on any atom is 0.344 e. The summed E-state index contributed by atoms with van der Waals surface area (Å²) in [6, 6.07) is 7.08. The fraction of sp³-hybridized carbons (Fsp3) is 0.286. The first-order chi connectivity index (χ1) is 14.7. The molecule has 4 rings (SSSR count). The van der Waals surface area contributed by atoms with Crippen LogP contribution in [0.4, 0.5) is 4.79 Å². The lowest BCUT2D eigenvalue weighted by Gasteiger charge is -2.19. The fourth-order valence-corrected chi connectivity index (χ4v) is 4.27. The van der Waals surface area contributed by atoms with E-state index in [2.05, 4.69) is 15.7 Å². The number of nitrogens with zero attached hydrogens (tertiary/aromatic N) is 3. The summed E-state index contributed by atoms with van der Waals surface area (Å²) in [5.41, 5.74) is 3.59. The van der Waals surface area contributed by atoms with Crippen molar-refractivity contribution in [2.24, 2.45) is 0 Å². The summed E-state index contributed by atoms with van der Waals surface area (Å²) < 4.78 is 1.17. The molecule has 1 aromatic carbocycles. The highest BCUT2D eigenvalue weighted by Gasteiger charge is 2.47. The van der Waals surface area contributed by atoms with Crippen molar-refractivity contribution in [1.29, 1.82) is 0 Å². The molecule has 160 valence electrons. The Labute approximate surface area is 181 Å². The van der Waals surface area contributed by atoms with Crippen LogP contribution in [0.1, 0.15) is 25.8 Å². The van der Waals surface area contributed by atoms with Crippen LogP contribution in [0.2, 0.25) is 0 Å². The second kappa shape index (κ2) is 7.62. The predicted octanol–water partition coefficient (Wildman–Crippen LogP) is 2.19. The van der Waals surface area contributed by atoms with E-state index in [1.165, 1.54) is 22.2 Å². The monoisotopic (exact) mass is 439 g/mol. The molecule has 3 heterocycles. The molecule has 1 saturated heterocycles. The number of rotatable bonds is 5. The molecule has 3 aromatic rings. The molecule has 4 amide bonds. The largest absolute Gasteiger partial charge is 0.344 e. The van der Waals surface area contributed by atoms with Gasteiger partial charge in [0.25, 0.3) is 17.4 Å². The Balaban J connectivity index is 1.60. The number of hydrazine groups is 1. The quantitative estimate of drug-likeness (QED) is 0.592. The Kier molecular flexibility index (Phi) is 5.10. The Morgan fingerprint density at radius 3 is 2.58 bits per heavy atom. The highest BCUT2D eigenvalue weighted by atomic mass is 32.1. The molecule has 2 N–H and O–H groups in total. The second-order valence-corrected chi connectivity index (χ2v) is 8.52. The van der Waals surface area contributed by atoms with Crippen LogP contribution in [0.25, 0.3) is 21.3 Å². The highest BCUT2D eigenvalue weighted by Crippen LogP contribution is 2.30. The highest BCUT2D eigenvalue weighted by molar-refractivity contribution is 7.17. The van der Waals surface area contributed by atoms with E-state index < -0.39 is 23.4 Å². The van der Waals surface area contributed by atoms with Gasteiger partial charge in [0.2, 0.25) is 0 Å². The van der Waals surface area contributed by atoms with Crippen molar-refractivity contribution in [1.82, 2.24) is 25.3 Å². The molecule has 0 saturated carbocycles. The summed E-state index contributed by atoms with van der Waals surface area (Å²) in [7, 11) is 0. The van der Waals surface area contributed by atoms with Gasteiger partial charge in [-0.15, -0.1) is 11.3 Å². The van der Waals surface area contributed by atoms with Gasteiger partial charge in [-0.3, -0.25) is 24.4 Å². The minimum absolute atomic E-state index is 0.368. The third-order valence-corrected chi connectivity index (χ3v) is 6.33. The molecule has 0 aliphatic carbocycles. The number of thiophene rings is 1. The van der Waals surface area contributed by atoms with Crippen molar-refractivity contribution >= 4 is 39.4 Å². The van der Waals surface area contributed by atoms with Crippen LogP contribution in [0, 0.1) is 6.92 Å². The molecule has 2 aromatic heterocycles. The first-order valence-corrected chi connectivity index (χ1v) is 10.6. The maximum absolute atomic E-state index is 13.1. The van der Waals surface area contributed by atoms with Crippen LogP contribution in [0.15, 0.2) is 40.8 Å². The average molecular weight is 439 g/mol. The summed E-state index contributed by atoms with van der Waals surface area (Å²) in [5, 5.41) is 5.51. The van der Waals surface area contributed by atoms with Gasteiger partial charge in [-0.05, 0) is 25.8 Å². The molecule has 0 bridgehead atoms. The Hall–Kier alpha value is -3.53. The van der Waals surface area contributed by atoms with Crippen molar-refractivity contribution in [2.75, 3.05) is 0 Å². The minimum Gasteiger partial charge on any atom is -0.322 e. The average Bonchev–Trinajstić information content (AvgIpc) is 3.26. The summed E-state index contributed by atoms with van der Waals surface area (Å²) in [6.07, 6.45) is 1.67. The van der Waals surface area contributed by atoms with Crippen LogP contribution in [0.5, 0.6) is 0 Å². The molecule has 1 atom stereocenters. The summed E-state index contributed by atoms with van der Waals surface area (Å²) in [5.74, 6) is -1.23. The first-order valence-electron chi connectivity index (χ1n) is 9.73. The third kappa shape index (κ3) is 3.59. The number of aromatic nitrogens is 2. The molecule has 9 nitrogen and oxygen atoms in total. The van der Waals surface area contributed by atoms with Crippen LogP contribution in [0.3, 0.4) is 0 Å². The summed E-state index contributed by atoms with van der Waals surface area (Å²) >= 11 is 1.35. The standard InChI is InChI=1S/C21H21N5O4S/c1-4-21(3)19(29)26(20(30)23-21)24-15(27)9-25-11-22-17-16(18(25)28)14(10-31-17)13-7-5-12(2)6-8-13/h5-8,10-11H,4,9H2,1-3H3,(H,23,30)(H,24,27)/t21-/m1/s1. The van der Waals surface area contributed by atoms with Gasteiger partial charge in [0, 0.05) is 10.9 Å². The van der Waals surface area contributed by atoms with Gasteiger partial charge >= 0.3 is 6.03 Å². The normalized spacial score (nSPS) is 18.5. The van der Waals surface area contributed by atoms with Gasteiger partial charge in [0.05, 0.1) is 11.7 Å². The lowest BCUT2D eigenvalue weighted by Crippen LogP contribution is -2.49. The van der Waals surface area contributed by atoms with Crippen molar-refractivity contribution < 1.29 is 14.4 Å². The van der Waals surface area contributed by atoms with E-state index in [1.54, 1.807) is 13.8 Å². The number of imide groups is 1. The smallest absolute Gasteiger partial charge is 0.322 e. The molecular formula is C21H21N5O4S. The lowest BCUT2D eigenvalue weighted by molar-refractivity contribution is -0.139. The third-order valence-electron chi connectivity index (χ3n) is 5.44. The van der Waals surface area contributed by atoms with Crippen molar-refractivity contribution in [3.63, 3.8) is 0 Å². The zero-order valence-corrected chi connectivity index (χ0v) is 18.1. The van der Waals surface area contributed by atoms with E-state index in [4.69, 9.17) is 0 Å². The van der Waals surface area contributed by atoms with Crippen molar-refractivity contribution in [3.8, 4) is 11.1 Å². The number of fused-ring (bicyclic) bond motifs is 1. The zero-order valence-electron chi connectivity index (χ0n) is 17.3. The van der Waals surface area contributed by atoms with Crippen LogP contribution >= 0.6 is 11.3 Å². The Morgan fingerprint density at radius 2 is 1.94 bits per heavy atom. The fourth-order valence-electron chi connectivity index (χ4n) is 3.37. The molecule has 0 unspecified atom stereocenters. The molecule has 0 radical (unpaired) electrons. The Bertz CT molecular complexity index is 1260. The van der Waals surface area contributed by atoms with Crippen LogP contribution in [-0.4, -0.2) is 37.9 Å². The van der Waals surface area contributed by atoms with Gasteiger partial charge in [0.15, 0.2) is 0 Å². The molecular weight excluding hydrogens is 418 g/mol. The number of aryl methyl sites for hydroxylation is 1. The maximum atomic E-state index is 13.1. The minimum atomic E-state index is -1.07. The molecule has 31 heavy (non-hydrogen) atoms. The zero-order chi connectivity index (χ0) is 22.3. The summed E-state index contributed by atoms with van der Waals surface area (Å²) in [4.78, 5) is 55.0. The van der Waals surface area contributed by atoms with Crippen molar-refractivity contribution in [3.05, 3.63) is 51.9 Å². The summed E-state index contributed by atoms with van der Waals surface area (Å²) in [6.45, 7) is 4.95. The number of benzene rings is 1. The number of carbonyl (C=O) groups excluding carboxylic acids is 3. The number of urea groups is 1. The van der Waals surface area contributed by atoms with Gasteiger partial charge in [-0.1, -0.05) is 36.8 Å². The molecule has 1 aliphatic heterocycles. The number of carbonyl (C=O) groups is 3. The van der Waals surface area contributed by atoms with E-state index in [0.717, 1.165) is 16.7 Å². The number of amides is 4. The van der Waals surface area contributed by atoms with E-state index in [0.29, 0.717) is 21.6 Å². The molecule has 1 fully saturated rings. The molecule has 1 aliphatic rings. The van der Waals surface area contributed by atoms with Gasteiger partial charge in [-0.2, -0.15) is 5.01 Å². The van der Waals surface area contributed by atoms with E-state index in [9.17, 15) is 19.2 Å². The SMILES string of the molecule is CC[C@@]1(C)NC(=O)N(NC(=O)Cn2cnc3scc(-c4ccc(C)cc4)c3c2=O)C1=O. The van der Waals surface area contributed by atoms with E-state index in [1.807, 2.05) is 36.6 Å². The van der Waals surface area contributed by atoms with Gasteiger partial charge < -0.3 is 5.32 Å². The predicted molar refractivity (Wildman–Crippen MR) is 116 cm³/mol. The van der Waals surface area contributed by atoms with Crippen molar-refractivity contribution in [2.45, 2.75) is 39.3 Å². The van der Waals surface area contributed by atoms with Gasteiger partial charge in [-0.25, -0.2) is 9.78 Å². The Morgan fingerprint density at radius 1 is 1.23 bits per heavy atom.